The molecule has 0 unspecified atom stereocenters. The highest BCUT2D eigenvalue weighted by Crippen LogP contribution is 2.33. The van der Waals surface area contributed by atoms with E-state index in [0.717, 1.165) is 17.0 Å². The number of carbonyl (C=O) groups excluding carboxylic acids is 2. The van der Waals surface area contributed by atoms with Gasteiger partial charge in [0.2, 0.25) is 0 Å². The zero-order chi connectivity index (χ0) is 21.1. The van der Waals surface area contributed by atoms with Crippen molar-refractivity contribution in [2.24, 2.45) is 5.92 Å². The van der Waals surface area contributed by atoms with Gasteiger partial charge in [-0.25, -0.2) is 0 Å². The summed E-state index contributed by atoms with van der Waals surface area (Å²) in [5.74, 6) is 0.278. The highest BCUT2D eigenvalue weighted by molar-refractivity contribution is 6.36. The summed E-state index contributed by atoms with van der Waals surface area (Å²) in [6, 6.07) is 12.6. The summed E-state index contributed by atoms with van der Waals surface area (Å²) in [5, 5.41) is 3.80. The van der Waals surface area contributed by atoms with Crippen molar-refractivity contribution >= 4 is 34.7 Å². The third-order valence-electron chi connectivity index (χ3n) is 4.62. The minimum atomic E-state index is -0.318. The Hall–Kier alpha value is -2.79. The smallest absolute Gasteiger partial charge is 0.278 e. The standard InChI is InChI=1S/C23H25ClN2O3/c1-5-29-18-9-6-16(7-10-18)20-21(23(28)26(22(20)27)13-14(2)3)25-19-11-8-17(24)12-15(19)4/h6-12,14,25H,5,13H2,1-4H3. The lowest BCUT2D eigenvalue weighted by atomic mass is 10.0. The molecule has 0 spiro atoms. The fourth-order valence-electron chi connectivity index (χ4n) is 3.28. The number of benzene rings is 2. The first-order valence-electron chi connectivity index (χ1n) is 9.68. The second-order valence-electron chi connectivity index (χ2n) is 7.41. The van der Waals surface area contributed by atoms with Crippen LogP contribution in [0, 0.1) is 12.8 Å². The Labute approximate surface area is 176 Å². The molecule has 0 radical (unpaired) electrons. The van der Waals surface area contributed by atoms with Crippen molar-refractivity contribution < 1.29 is 14.3 Å². The molecule has 29 heavy (non-hydrogen) atoms. The quantitative estimate of drug-likeness (QED) is 0.657. The number of hydrogen-bond donors (Lipinski definition) is 1. The molecule has 0 bridgehead atoms. The van der Waals surface area contributed by atoms with Crippen molar-refractivity contribution in [2.45, 2.75) is 27.7 Å². The molecule has 0 saturated heterocycles. The van der Waals surface area contributed by atoms with Crippen LogP contribution in [0.4, 0.5) is 5.69 Å². The Morgan fingerprint density at radius 3 is 2.34 bits per heavy atom. The second kappa shape index (κ2) is 8.70. The summed E-state index contributed by atoms with van der Waals surface area (Å²) in [4.78, 5) is 27.6. The van der Waals surface area contributed by atoms with Crippen LogP contribution in [-0.4, -0.2) is 29.9 Å². The zero-order valence-corrected chi connectivity index (χ0v) is 17.8. The van der Waals surface area contributed by atoms with Crippen molar-refractivity contribution in [3.8, 4) is 5.75 Å². The van der Waals surface area contributed by atoms with Crippen LogP contribution < -0.4 is 10.1 Å². The molecule has 1 aliphatic rings. The number of nitrogens with one attached hydrogen (secondary N) is 1. The molecule has 0 atom stereocenters. The van der Waals surface area contributed by atoms with Gasteiger partial charge in [0.05, 0.1) is 12.2 Å². The van der Waals surface area contributed by atoms with E-state index in [0.29, 0.717) is 29.3 Å². The Morgan fingerprint density at radius 1 is 1.07 bits per heavy atom. The number of carbonyl (C=O) groups is 2. The van der Waals surface area contributed by atoms with Crippen molar-refractivity contribution in [3.63, 3.8) is 0 Å². The number of imide groups is 1. The molecule has 2 aromatic carbocycles. The molecule has 0 aliphatic carbocycles. The summed E-state index contributed by atoms with van der Waals surface area (Å²) in [6.45, 7) is 8.69. The molecule has 152 valence electrons. The maximum absolute atomic E-state index is 13.2. The monoisotopic (exact) mass is 412 g/mol. The fraction of sp³-hybridized carbons (Fsp3) is 0.304. The van der Waals surface area contributed by atoms with Gasteiger partial charge in [0.25, 0.3) is 11.8 Å². The number of amides is 2. The average Bonchev–Trinajstić information content (AvgIpc) is 2.89. The van der Waals surface area contributed by atoms with Gasteiger partial charge in [0.15, 0.2) is 0 Å². The molecule has 5 nitrogen and oxygen atoms in total. The van der Waals surface area contributed by atoms with Gasteiger partial charge < -0.3 is 10.1 Å². The highest BCUT2D eigenvalue weighted by atomic mass is 35.5. The average molecular weight is 413 g/mol. The van der Waals surface area contributed by atoms with E-state index in [2.05, 4.69) is 5.32 Å². The van der Waals surface area contributed by atoms with Crippen LogP contribution in [0.25, 0.3) is 5.57 Å². The lowest BCUT2D eigenvalue weighted by molar-refractivity contribution is -0.137. The van der Waals surface area contributed by atoms with Crippen LogP contribution in [0.15, 0.2) is 48.2 Å². The summed E-state index contributed by atoms with van der Waals surface area (Å²) < 4.78 is 5.49. The topological polar surface area (TPSA) is 58.6 Å². The van der Waals surface area contributed by atoms with E-state index >= 15 is 0 Å². The molecule has 1 N–H and O–H groups in total. The van der Waals surface area contributed by atoms with Crippen molar-refractivity contribution in [3.05, 3.63) is 64.3 Å². The molecular formula is C23H25ClN2O3. The van der Waals surface area contributed by atoms with E-state index in [9.17, 15) is 9.59 Å². The first kappa shape index (κ1) is 20.9. The number of halogens is 1. The number of nitrogens with zero attached hydrogens (tertiary/aromatic N) is 1. The van der Waals surface area contributed by atoms with Gasteiger partial charge in [0, 0.05) is 17.3 Å². The number of hydrogen-bond acceptors (Lipinski definition) is 4. The highest BCUT2D eigenvalue weighted by Gasteiger charge is 2.39. The molecule has 6 heteroatoms. The van der Waals surface area contributed by atoms with Crippen LogP contribution in [0.2, 0.25) is 5.02 Å². The number of rotatable bonds is 7. The van der Waals surface area contributed by atoms with Crippen molar-refractivity contribution in [2.75, 3.05) is 18.5 Å². The fourth-order valence-corrected chi connectivity index (χ4v) is 3.50. The molecular weight excluding hydrogens is 388 g/mol. The Bertz CT molecular complexity index is 965. The summed E-state index contributed by atoms with van der Waals surface area (Å²) in [5.41, 5.74) is 2.95. The number of anilines is 1. The summed E-state index contributed by atoms with van der Waals surface area (Å²) in [7, 11) is 0. The normalized spacial score (nSPS) is 14.2. The third-order valence-corrected chi connectivity index (χ3v) is 4.85. The van der Waals surface area contributed by atoms with Crippen LogP contribution in [0.5, 0.6) is 5.75 Å². The number of ether oxygens (including phenoxy) is 1. The molecule has 1 aliphatic heterocycles. The first-order valence-corrected chi connectivity index (χ1v) is 10.1. The third kappa shape index (κ3) is 4.46. The maximum atomic E-state index is 13.2. The molecule has 2 aromatic rings. The van der Waals surface area contributed by atoms with Gasteiger partial charge in [0.1, 0.15) is 11.4 Å². The predicted octanol–water partition coefficient (Wildman–Crippen LogP) is 4.90. The predicted molar refractivity (Wildman–Crippen MR) is 116 cm³/mol. The van der Waals surface area contributed by atoms with Gasteiger partial charge in [-0.2, -0.15) is 0 Å². The van der Waals surface area contributed by atoms with Gasteiger partial charge in [-0.15, -0.1) is 0 Å². The van der Waals surface area contributed by atoms with Gasteiger partial charge >= 0.3 is 0 Å². The van der Waals surface area contributed by atoms with E-state index in [1.807, 2.05) is 39.8 Å². The first-order chi connectivity index (χ1) is 13.8. The summed E-state index contributed by atoms with van der Waals surface area (Å²) >= 11 is 6.05. The molecule has 3 rings (SSSR count). The molecule has 0 aromatic heterocycles. The number of aryl methyl sites for hydroxylation is 1. The SMILES string of the molecule is CCOc1ccc(C2=C(Nc3ccc(Cl)cc3C)C(=O)N(CC(C)C)C2=O)cc1. The zero-order valence-electron chi connectivity index (χ0n) is 17.1. The van der Waals surface area contributed by atoms with Crippen molar-refractivity contribution in [1.29, 1.82) is 0 Å². The van der Waals surface area contributed by atoms with E-state index in [-0.39, 0.29) is 23.4 Å². The maximum Gasteiger partial charge on any atom is 0.278 e. The van der Waals surface area contributed by atoms with Crippen LogP contribution in [-0.2, 0) is 9.59 Å². The van der Waals surface area contributed by atoms with Gasteiger partial charge in [-0.1, -0.05) is 37.6 Å². The van der Waals surface area contributed by atoms with E-state index in [4.69, 9.17) is 16.3 Å². The van der Waals surface area contributed by atoms with Gasteiger partial charge in [-0.3, -0.25) is 14.5 Å². The minimum absolute atomic E-state index is 0.168. The van der Waals surface area contributed by atoms with Gasteiger partial charge in [-0.05, 0) is 61.2 Å². The Balaban J connectivity index is 2.05. The molecule has 0 saturated carbocycles. The lowest BCUT2D eigenvalue weighted by Crippen LogP contribution is -2.35. The molecule has 1 heterocycles. The van der Waals surface area contributed by atoms with Crippen LogP contribution in [0.1, 0.15) is 31.9 Å². The largest absolute Gasteiger partial charge is 0.494 e. The van der Waals surface area contributed by atoms with Crippen LogP contribution >= 0.6 is 11.6 Å². The Kier molecular flexibility index (Phi) is 6.28. The molecule has 2 amide bonds. The van der Waals surface area contributed by atoms with Crippen LogP contribution in [0.3, 0.4) is 0 Å². The molecule has 0 fully saturated rings. The van der Waals surface area contributed by atoms with E-state index in [1.165, 1.54) is 4.90 Å². The second-order valence-corrected chi connectivity index (χ2v) is 7.84. The lowest BCUT2D eigenvalue weighted by Gasteiger charge is -2.17. The summed E-state index contributed by atoms with van der Waals surface area (Å²) in [6.07, 6.45) is 0. The van der Waals surface area contributed by atoms with Crippen molar-refractivity contribution in [1.82, 2.24) is 4.90 Å². The van der Waals surface area contributed by atoms with E-state index < -0.39 is 0 Å². The minimum Gasteiger partial charge on any atom is -0.494 e. The Morgan fingerprint density at radius 2 is 1.76 bits per heavy atom. The van der Waals surface area contributed by atoms with E-state index in [1.54, 1.807) is 30.3 Å².